The predicted octanol–water partition coefficient (Wildman–Crippen LogP) is 1.69. The molecule has 4 nitrogen and oxygen atoms in total. The predicted molar refractivity (Wildman–Crippen MR) is 86.3 cm³/mol. The van der Waals surface area contributed by atoms with E-state index in [1.807, 2.05) is 0 Å². The smallest absolute Gasteiger partial charge is 0.0788 e. The Kier molecular flexibility index (Phi) is 3.89. The van der Waals surface area contributed by atoms with Crippen LogP contribution in [0.2, 0.25) is 0 Å². The molecule has 0 saturated carbocycles. The molecule has 0 aromatic rings. The van der Waals surface area contributed by atoms with Gasteiger partial charge in [-0.3, -0.25) is 4.90 Å². The molecular weight excluding hydrogens is 262 g/mol. The number of hydrogen-bond donors (Lipinski definition) is 1. The molecule has 0 aromatic heterocycles. The average Bonchev–Trinajstić information content (AvgIpc) is 2.67. The summed E-state index contributed by atoms with van der Waals surface area (Å²) >= 11 is 0. The van der Waals surface area contributed by atoms with Gasteiger partial charge in [0.05, 0.1) is 11.2 Å². The Morgan fingerprint density at radius 1 is 1.05 bits per heavy atom. The molecule has 0 aliphatic carbocycles. The average molecular weight is 295 g/mol. The van der Waals surface area contributed by atoms with Crippen molar-refractivity contribution in [3.63, 3.8) is 0 Å². The molecule has 3 fully saturated rings. The molecule has 0 amide bonds. The first-order valence-electron chi connectivity index (χ1n) is 8.61. The van der Waals surface area contributed by atoms with Crippen LogP contribution in [0.1, 0.15) is 47.0 Å². The van der Waals surface area contributed by atoms with Gasteiger partial charge < -0.3 is 15.4 Å². The van der Waals surface area contributed by atoms with Gasteiger partial charge in [0.15, 0.2) is 0 Å². The Bertz CT molecular complexity index is 395. The molecule has 2 bridgehead atoms. The zero-order valence-electron chi connectivity index (χ0n) is 14.4. The minimum Gasteiger partial charge on any atom is -0.368 e. The van der Waals surface area contributed by atoms with Crippen LogP contribution in [-0.4, -0.2) is 65.8 Å². The molecule has 4 atom stereocenters. The number of hydrogen-bond acceptors (Lipinski definition) is 4. The third-order valence-corrected chi connectivity index (χ3v) is 6.34. The molecule has 3 saturated heterocycles. The summed E-state index contributed by atoms with van der Waals surface area (Å²) in [5, 5.41) is 0. The monoisotopic (exact) mass is 295 g/mol. The number of nitrogens with two attached hydrogens (primary N) is 1. The topological polar surface area (TPSA) is 41.7 Å². The van der Waals surface area contributed by atoms with Crippen molar-refractivity contribution in [1.29, 1.82) is 0 Å². The summed E-state index contributed by atoms with van der Waals surface area (Å²) in [5.41, 5.74) is 6.19. The molecule has 0 radical (unpaired) electrons. The summed E-state index contributed by atoms with van der Waals surface area (Å²) in [6.07, 6.45) is 4.05. The van der Waals surface area contributed by atoms with E-state index in [9.17, 15) is 0 Å². The molecule has 3 rings (SSSR count). The first kappa shape index (κ1) is 15.7. The normalized spacial score (nSPS) is 43.1. The lowest BCUT2D eigenvalue weighted by Crippen LogP contribution is -2.49. The van der Waals surface area contributed by atoms with Crippen LogP contribution in [0.4, 0.5) is 0 Å². The maximum Gasteiger partial charge on any atom is 0.0788 e. The van der Waals surface area contributed by atoms with E-state index in [-0.39, 0.29) is 17.2 Å². The van der Waals surface area contributed by atoms with Crippen molar-refractivity contribution in [1.82, 2.24) is 9.80 Å². The van der Waals surface area contributed by atoms with Crippen LogP contribution in [0.15, 0.2) is 0 Å². The zero-order chi connectivity index (χ0) is 15.4. The fourth-order valence-corrected chi connectivity index (χ4v) is 4.90. The van der Waals surface area contributed by atoms with Crippen molar-refractivity contribution in [2.45, 2.75) is 76.3 Å². The van der Waals surface area contributed by atoms with Crippen LogP contribution in [0.25, 0.3) is 0 Å². The standard InChI is InChI=1S/C17H33N3O/c1-16(2)14(15(18)17(3,4)21-16)11-20-9-8-12-6-7-13(10-20)19(12)5/h12-15H,6-11,18H2,1-5H3. The molecule has 2 N–H and O–H groups in total. The number of ether oxygens (including phenoxy) is 1. The van der Waals surface area contributed by atoms with Gasteiger partial charge in [-0.1, -0.05) is 0 Å². The molecule has 3 aliphatic rings. The highest BCUT2D eigenvalue weighted by atomic mass is 16.5. The highest BCUT2D eigenvalue weighted by molar-refractivity contribution is 5.05. The molecule has 21 heavy (non-hydrogen) atoms. The molecule has 122 valence electrons. The summed E-state index contributed by atoms with van der Waals surface area (Å²) in [6.45, 7) is 12.2. The molecule has 3 heterocycles. The number of likely N-dealkylation sites (N-methyl/N-ethyl adjacent to an activating group) is 1. The van der Waals surface area contributed by atoms with E-state index in [0.29, 0.717) is 5.92 Å². The number of likely N-dealkylation sites (tertiary alicyclic amines) is 1. The molecule has 4 heteroatoms. The van der Waals surface area contributed by atoms with Crippen molar-refractivity contribution < 1.29 is 4.74 Å². The second-order valence-electron chi connectivity index (χ2n) is 8.54. The van der Waals surface area contributed by atoms with Crippen LogP contribution >= 0.6 is 0 Å². The Labute approximate surface area is 130 Å². The molecule has 3 aliphatic heterocycles. The van der Waals surface area contributed by atoms with Crippen LogP contribution in [0.3, 0.4) is 0 Å². The van der Waals surface area contributed by atoms with E-state index in [1.165, 1.54) is 32.4 Å². The van der Waals surface area contributed by atoms with Gasteiger partial charge in [-0.05, 0) is 60.5 Å². The van der Waals surface area contributed by atoms with E-state index in [0.717, 1.165) is 18.6 Å². The minimum absolute atomic E-state index is 0.116. The summed E-state index contributed by atoms with van der Waals surface area (Å²) in [4.78, 5) is 5.26. The van der Waals surface area contributed by atoms with Crippen LogP contribution in [0.5, 0.6) is 0 Å². The number of rotatable bonds is 2. The first-order valence-corrected chi connectivity index (χ1v) is 8.61. The molecule has 4 unspecified atom stereocenters. The largest absolute Gasteiger partial charge is 0.368 e. The van der Waals surface area contributed by atoms with Gasteiger partial charge in [0.2, 0.25) is 0 Å². The van der Waals surface area contributed by atoms with Crippen molar-refractivity contribution in [3.8, 4) is 0 Å². The van der Waals surface area contributed by atoms with Crippen LogP contribution in [-0.2, 0) is 4.74 Å². The SMILES string of the molecule is CN1C2CCC1CN(CC1C(N)C(C)(C)OC1(C)C)CC2. The van der Waals surface area contributed by atoms with Crippen molar-refractivity contribution in [3.05, 3.63) is 0 Å². The van der Waals surface area contributed by atoms with Crippen LogP contribution < -0.4 is 5.73 Å². The lowest BCUT2D eigenvalue weighted by Gasteiger charge is -2.34. The maximum absolute atomic E-state index is 6.53. The molecule has 0 aromatic carbocycles. The van der Waals surface area contributed by atoms with Gasteiger partial charge in [-0.2, -0.15) is 0 Å². The van der Waals surface area contributed by atoms with E-state index in [4.69, 9.17) is 10.5 Å². The highest BCUT2D eigenvalue weighted by Gasteiger charge is 2.52. The highest BCUT2D eigenvalue weighted by Crippen LogP contribution is 2.42. The maximum atomic E-state index is 6.53. The number of fused-ring (bicyclic) bond motifs is 2. The van der Waals surface area contributed by atoms with Gasteiger partial charge >= 0.3 is 0 Å². The third-order valence-electron chi connectivity index (χ3n) is 6.34. The van der Waals surface area contributed by atoms with Gasteiger partial charge in [-0.25, -0.2) is 0 Å². The fourth-order valence-electron chi connectivity index (χ4n) is 4.90. The van der Waals surface area contributed by atoms with E-state index >= 15 is 0 Å². The van der Waals surface area contributed by atoms with Gasteiger partial charge in [0.1, 0.15) is 0 Å². The second-order valence-corrected chi connectivity index (χ2v) is 8.54. The Hall–Kier alpha value is -0.160. The van der Waals surface area contributed by atoms with Crippen LogP contribution in [0, 0.1) is 5.92 Å². The fraction of sp³-hybridized carbons (Fsp3) is 1.00. The Morgan fingerprint density at radius 2 is 1.71 bits per heavy atom. The summed E-state index contributed by atoms with van der Waals surface area (Å²) in [6, 6.07) is 1.66. The summed E-state index contributed by atoms with van der Waals surface area (Å²) in [7, 11) is 2.31. The van der Waals surface area contributed by atoms with E-state index in [2.05, 4.69) is 44.5 Å². The van der Waals surface area contributed by atoms with E-state index in [1.54, 1.807) is 0 Å². The van der Waals surface area contributed by atoms with Gasteiger partial charge in [-0.15, -0.1) is 0 Å². The molecule has 0 spiro atoms. The lowest BCUT2D eigenvalue weighted by molar-refractivity contribution is -0.0785. The van der Waals surface area contributed by atoms with Crippen molar-refractivity contribution in [2.24, 2.45) is 11.7 Å². The lowest BCUT2D eigenvalue weighted by atomic mass is 9.82. The second kappa shape index (κ2) is 5.19. The summed E-state index contributed by atoms with van der Waals surface area (Å²) < 4.78 is 6.25. The van der Waals surface area contributed by atoms with Crippen molar-refractivity contribution in [2.75, 3.05) is 26.7 Å². The zero-order valence-corrected chi connectivity index (χ0v) is 14.4. The number of nitrogens with zero attached hydrogens (tertiary/aromatic N) is 2. The Balaban J connectivity index is 1.69. The van der Waals surface area contributed by atoms with Gasteiger partial charge in [0, 0.05) is 37.1 Å². The molecular formula is C17H33N3O. The first-order chi connectivity index (χ1) is 9.71. The minimum atomic E-state index is -0.212. The Morgan fingerprint density at radius 3 is 2.33 bits per heavy atom. The van der Waals surface area contributed by atoms with Gasteiger partial charge in [0.25, 0.3) is 0 Å². The quantitative estimate of drug-likeness (QED) is 0.842. The third kappa shape index (κ3) is 2.76. The summed E-state index contributed by atoms with van der Waals surface area (Å²) in [5.74, 6) is 0.412. The van der Waals surface area contributed by atoms with E-state index < -0.39 is 0 Å². The van der Waals surface area contributed by atoms with Crippen molar-refractivity contribution >= 4 is 0 Å².